The van der Waals surface area contributed by atoms with Crippen LogP contribution in [0.3, 0.4) is 0 Å². The van der Waals surface area contributed by atoms with Crippen LogP contribution in [-0.2, 0) is 11.3 Å². The summed E-state index contributed by atoms with van der Waals surface area (Å²) in [5.41, 5.74) is 2.77. The maximum absolute atomic E-state index is 12.2. The van der Waals surface area contributed by atoms with Crippen LogP contribution in [0.25, 0.3) is 10.2 Å². The molecule has 0 atom stereocenters. The largest absolute Gasteiger partial charge is 0.461 e. The van der Waals surface area contributed by atoms with Crippen molar-refractivity contribution in [2.24, 2.45) is 0 Å². The summed E-state index contributed by atoms with van der Waals surface area (Å²) < 4.78 is 10.4. The van der Waals surface area contributed by atoms with Gasteiger partial charge in [-0.15, -0.1) is 11.3 Å². The highest BCUT2D eigenvalue weighted by molar-refractivity contribution is 9.11. The molecule has 0 saturated heterocycles. The van der Waals surface area contributed by atoms with Crippen molar-refractivity contribution in [1.29, 1.82) is 0 Å². The highest BCUT2D eigenvalue weighted by Crippen LogP contribution is 2.33. The van der Waals surface area contributed by atoms with Gasteiger partial charge >= 0.3 is 5.97 Å². The van der Waals surface area contributed by atoms with E-state index in [4.69, 9.17) is 4.74 Å². The zero-order valence-electron chi connectivity index (χ0n) is 11.8. The summed E-state index contributed by atoms with van der Waals surface area (Å²) in [6.07, 6.45) is 0. The summed E-state index contributed by atoms with van der Waals surface area (Å²) in [5, 5.41) is 0. The summed E-state index contributed by atoms with van der Waals surface area (Å²) >= 11 is 8.56. The smallest absolute Gasteiger partial charge is 0.355 e. The Morgan fingerprint density at radius 3 is 2.64 bits per heavy atom. The van der Waals surface area contributed by atoms with Crippen LogP contribution in [0.1, 0.15) is 23.0 Å². The van der Waals surface area contributed by atoms with E-state index in [0.29, 0.717) is 18.8 Å². The van der Waals surface area contributed by atoms with Gasteiger partial charge < -0.3 is 9.30 Å². The van der Waals surface area contributed by atoms with Gasteiger partial charge in [0.15, 0.2) is 0 Å². The lowest BCUT2D eigenvalue weighted by molar-refractivity contribution is 0.0515. The molecule has 0 amide bonds. The molecule has 0 spiro atoms. The predicted molar refractivity (Wildman–Crippen MR) is 96.7 cm³/mol. The average Bonchev–Trinajstić information content (AvgIpc) is 2.99. The van der Waals surface area contributed by atoms with Crippen molar-refractivity contribution < 1.29 is 9.53 Å². The van der Waals surface area contributed by atoms with Gasteiger partial charge in [-0.05, 0) is 52.7 Å². The second-order valence-corrected chi connectivity index (χ2v) is 8.14. The van der Waals surface area contributed by atoms with Gasteiger partial charge in [0, 0.05) is 11.0 Å². The van der Waals surface area contributed by atoms with E-state index in [1.54, 1.807) is 11.3 Å². The van der Waals surface area contributed by atoms with Crippen molar-refractivity contribution in [3.63, 3.8) is 0 Å². The molecule has 0 aliphatic carbocycles. The molecular formula is C16H13Br2NO2S. The monoisotopic (exact) mass is 441 g/mol. The Labute approximate surface area is 149 Å². The fraction of sp³-hybridized carbons (Fsp3) is 0.188. The van der Waals surface area contributed by atoms with Gasteiger partial charge in [0.1, 0.15) is 5.69 Å². The van der Waals surface area contributed by atoms with Crippen LogP contribution in [0.5, 0.6) is 0 Å². The summed E-state index contributed by atoms with van der Waals surface area (Å²) in [4.78, 5) is 12.2. The van der Waals surface area contributed by atoms with Gasteiger partial charge in [-0.3, -0.25) is 0 Å². The molecule has 3 nitrogen and oxygen atoms in total. The molecule has 0 aliphatic rings. The van der Waals surface area contributed by atoms with Crippen molar-refractivity contribution >= 4 is 59.4 Å². The lowest BCUT2D eigenvalue weighted by atomic mass is 10.2. The lowest BCUT2D eigenvalue weighted by Crippen LogP contribution is -2.12. The molecule has 0 saturated carbocycles. The minimum absolute atomic E-state index is 0.279. The zero-order valence-corrected chi connectivity index (χ0v) is 15.8. The Morgan fingerprint density at radius 1 is 1.23 bits per heavy atom. The van der Waals surface area contributed by atoms with Crippen LogP contribution in [0.15, 0.2) is 44.7 Å². The number of hydrogen-bond donors (Lipinski definition) is 0. The lowest BCUT2D eigenvalue weighted by Gasteiger charge is -2.10. The third kappa shape index (κ3) is 3.14. The predicted octanol–water partition coefficient (Wildman–Crippen LogP) is 5.45. The normalized spacial score (nSPS) is 11.0. The molecular weight excluding hydrogens is 430 g/mol. The SMILES string of the molecule is CCOC(=O)c1cc2sc(Br)cc2n1Cc1ccc(Br)cc1. The van der Waals surface area contributed by atoms with Crippen molar-refractivity contribution in [3.8, 4) is 0 Å². The van der Waals surface area contributed by atoms with Gasteiger partial charge in [-0.1, -0.05) is 28.1 Å². The molecule has 3 rings (SSSR count). The quantitative estimate of drug-likeness (QED) is 0.503. The summed E-state index contributed by atoms with van der Waals surface area (Å²) in [7, 11) is 0. The zero-order chi connectivity index (χ0) is 15.7. The Kier molecular flexibility index (Phi) is 4.70. The van der Waals surface area contributed by atoms with Crippen molar-refractivity contribution in [3.05, 3.63) is 55.9 Å². The maximum atomic E-state index is 12.2. The number of esters is 1. The first-order valence-corrected chi connectivity index (χ1v) is 9.19. The molecule has 2 aromatic heterocycles. The van der Waals surface area contributed by atoms with Crippen LogP contribution < -0.4 is 0 Å². The number of benzene rings is 1. The molecule has 6 heteroatoms. The van der Waals surface area contributed by atoms with E-state index in [0.717, 1.165) is 24.0 Å². The number of nitrogens with zero attached hydrogens (tertiary/aromatic N) is 1. The van der Waals surface area contributed by atoms with E-state index in [1.807, 2.05) is 47.9 Å². The number of fused-ring (bicyclic) bond motifs is 1. The van der Waals surface area contributed by atoms with Gasteiger partial charge in [0.25, 0.3) is 0 Å². The van der Waals surface area contributed by atoms with Crippen molar-refractivity contribution in [2.75, 3.05) is 6.61 Å². The minimum atomic E-state index is -0.279. The Hall–Kier alpha value is -1.11. The van der Waals surface area contributed by atoms with E-state index in [2.05, 4.69) is 31.9 Å². The molecule has 22 heavy (non-hydrogen) atoms. The molecule has 0 fully saturated rings. The van der Waals surface area contributed by atoms with E-state index >= 15 is 0 Å². The third-order valence-corrected chi connectivity index (χ3v) is 5.40. The number of ether oxygens (including phenoxy) is 1. The standard InChI is InChI=1S/C16H13Br2NO2S/c1-2-21-16(20)13-7-14-12(8-15(18)22-14)19(13)9-10-3-5-11(17)6-4-10/h3-8H,2,9H2,1H3. The average molecular weight is 443 g/mol. The summed E-state index contributed by atoms with van der Waals surface area (Å²) in [6, 6.07) is 12.1. The first-order valence-electron chi connectivity index (χ1n) is 6.78. The van der Waals surface area contributed by atoms with E-state index < -0.39 is 0 Å². The van der Waals surface area contributed by atoms with Gasteiger partial charge in [0.05, 0.1) is 20.6 Å². The third-order valence-electron chi connectivity index (χ3n) is 3.30. The molecule has 0 N–H and O–H groups in total. The first-order chi connectivity index (χ1) is 10.6. The second-order valence-electron chi connectivity index (χ2n) is 4.76. The fourth-order valence-corrected chi connectivity index (χ4v) is 4.16. The molecule has 0 bridgehead atoms. The number of hydrogen-bond acceptors (Lipinski definition) is 3. The Balaban J connectivity index is 2.05. The number of carbonyl (C=O) groups excluding carboxylic acids is 1. The molecule has 2 heterocycles. The molecule has 0 aliphatic heterocycles. The highest BCUT2D eigenvalue weighted by Gasteiger charge is 2.18. The maximum Gasteiger partial charge on any atom is 0.355 e. The molecule has 0 unspecified atom stereocenters. The molecule has 1 aromatic carbocycles. The summed E-state index contributed by atoms with van der Waals surface area (Å²) in [6.45, 7) is 2.83. The Morgan fingerprint density at radius 2 is 1.95 bits per heavy atom. The number of thiophene rings is 1. The number of aromatic nitrogens is 1. The van der Waals surface area contributed by atoms with Gasteiger partial charge in [0.2, 0.25) is 0 Å². The van der Waals surface area contributed by atoms with Crippen LogP contribution in [-0.4, -0.2) is 17.1 Å². The topological polar surface area (TPSA) is 31.2 Å². The molecule has 114 valence electrons. The van der Waals surface area contributed by atoms with E-state index in [9.17, 15) is 4.79 Å². The fourth-order valence-electron chi connectivity index (χ4n) is 2.33. The highest BCUT2D eigenvalue weighted by atomic mass is 79.9. The molecule has 3 aromatic rings. The Bertz CT molecular complexity index is 821. The van der Waals surface area contributed by atoms with Crippen molar-refractivity contribution in [1.82, 2.24) is 4.57 Å². The number of halogens is 2. The van der Waals surface area contributed by atoms with Gasteiger partial charge in [-0.2, -0.15) is 0 Å². The summed E-state index contributed by atoms with van der Waals surface area (Å²) in [5.74, 6) is -0.279. The van der Waals surface area contributed by atoms with Crippen LogP contribution in [0.4, 0.5) is 0 Å². The minimum Gasteiger partial charge on any atom is -0.461 e. The first kappa shape index (κ1) is 15.8. The number of rotatable bonds is 4. The van der Waals surface area contributed by atoms with E-state index in [1.165, 1.54) is 0 Å². The van der Waals surface area contributed by atoms with E-state index in [-0.39, 0.29) is 5.97 Å². The van der Waals surface area contributed by atoms with Crippen LogP contribution >= 0.6 is 43.2 Å². The number of carbonyl (C=O) groups is 1. The molecule has 0 radical (unpaired) electrons. The van der Waals surface area contributed by atoms with Gasteiger partial charge in [-0.25, -0.2) is 4.79 Å². The van der Waals surface area contributed by atoms with Crippen LogP contribution in [0, 0.1) is 0 Å². The van der Waals surface area contributed by atoms with Crippen molar-refractivity contribution in [2.45, 2.75) is 13.5 Å². The van der Waals surface area contributed by atoms with Crippen LogP contribution in [0.2, 0.25) is 0 Å². The second kappa shape index (κ2) is 6.56.